The molecule has 6 nitrogen and oxygen atoms in total. The minimum atomic E-state index is -0.857. The molecule has 0 bridgehead atoms. The fourth-order valence-electron chi connectivity index (χ4n) is 5.23. The molecular formula is C32H24N4O2. The second kappa shape index (κ2) is 9.33. The number of hydrogen-bond donors (Lipinski definition) is 1. The van der Waals surface area contributed by atoms with E-state index in [0.29, 0.717) is 16.8 Å². The third-order valence-corrected chi connectivity index (χ3v) is 6.95. The van der Waals surface area contributed by atoms with Gasteiger partial charge >= 0.3 is 0 Å². The Hall–Kier alpha value is -5.23. The van der Waals surface area contributed by atoms with Gasteiger partial charge in [-0.15, -0.1) is 0 Å². The van der Waals surface area contributed by atoms with Crippen LogP contribution in [0.3, 0.4) is 0 Å². The second-order valence-electron chi connectivity index (χ2n) is 9.15. The van der Waals surface area contributed by atoms with E-state index in [4.69, 9.17) is 10.8 Å². The Labute approximate surface area is 219 Å². The van der Waals surface area contributed by atoms with Crippen LogP contribution in [0.25, 0.3) is 22.2 Å². The first-order chi connectivity index (χ1) is 18.6. The third-order valence-electron chi connectivity index (χ3n) is 6.95. The zero-order chi connectivity index (χ0) is 26.1. The van der Waals surface area contributed by atoms with Gasteiger partial charge in [0, 0.05) is 28.8 Å². The summed E-state index contributed by atoms with van der Waals surface area (Å²) < 4.78 is 2.01. The molecule has 0 spiro atoms. The van der Waals surface area contributed by atoms with E-state index in [1.165, 1.54) is 0 Å². The lowest BCUT2D eigenvalue weighted by atomic mass is 9.77. The molecule has 0 unspecified atom stereocenters. The minimum absolute atomic E-state index is 0.0125. The molecular weight excluding hydrogens is 472 g/mol. The molecule has 6 rings (SSSR count). The van der Waals surface area contributed by atoms with Crippen molar-refractivity contribution in [3.8, 4) is 11.3 Å². The standard InChI is InChI=1S/C32H24N4O2/c33-27-18-16-23(17-19-27)31-29-22-28(36(37)38)20-21-30(29)35(34-31)32(24-10-4-1-5-11-24,25-12-6-2-7-13-25)26-14-8-3-9-15-26/h1-22H,33H2. The van der Waals surface area contributed by atoms with Crippen LogP contribution >= 0.6 is 0 Å². The lowest BCUT2D eigenvalue weighted by Gasteiger charge is -2.37. The SMILES string of the molecule is Nc1ccc(-c2nn(C(c3ccccc3)(c3ccccc3)c3ccccc3)c3ccc([N+](=O)[O-])cc23)cc1. The van der Waals surface area contributed by atoms with Crippen LogP contribution in [0, 0.1) is 10.1 Å². The first-order valence-corrected chi connectivity index (χ1v) is 12.3. The van der Waals surface area contributed by atoms with Gasteiger partial charge in [-0.25, -0.2) is 4.68 Å². The average molecular weight is 497 g/mol. The fraction of sp³-hybridized carbons (Fsp3) is 0.0312. The maximum Gasteiger partial charge on any atom is 0.270 e. The fourth-order valence-corrected chi connectivity index (χ4v) is 5.23. The average Bonchev–Trinajstić information content (AvgIpc) is 3.35. The van der Waals surface area contributed by atoms with Crippen LogP contribution in [0.2, 0.25) is 0 Å². The van der Waals surface area contributed by atoms with E-state index in [9.17, 15) is 10.1 Å². The van der Waals surface area contributed by atoms with Crippen molar-refractivity contribution in [3.05, 3.63) is 160 Å². The molecule has 184 valence electrons. The van der Waals surface area contributed by atoms with Gasteiger partial charge < -0.3 is 5.73 Å². The molecule has 0 fully saturated rings. The number of anilines is 1. The highest BCUT2D eigenvalue weighted by atomic mass is 16.6. The highest BCUT2D eigenvalue weighted by molar-refractivity contribution is 5.95. The summed E-state index contributed by atoms with van der Waals surface area (Å²) in [5.41, 5.74) is 11.1. The summed E-state index contributed by atoms with van der Waals surface area (Å²) in [4.78, 5) is 11.4. The minimum Gasteiger partial charge on any atom is -0.399 e. The first kappa shape index (κ1) is 23.2. The zero-order valence-electron chi connectivity index (χ0n) is 20.4. The molecule has 5 aromatic carbocycles. The van der Waals surface area contributed by atoms with E-state index in [1.54, 1.807) is 18.2 Å². The van der Waals surface area contributed by atoms with Crippen LogP contribution in [-0.2, 0) is 5.54 Å². The van der Waals surface area contributed by atoms with Crippen molar-refractivity contribution in [3.63, 3.8) is 0 Å². The summed E-state index contributed by atoms with van der Waals surface area (Å²) in [7, 11) is 0. The van der Waals surface area contributed by atoms with Crippen LogP contribution in [0.1, 0.15) is 16.7 Å². The molecule has 0 aliphatic rings. The van der Waals surface area contributed by atoms with E-state index in [-0.39, 0.29) is 10.6 Å². The normalized spacial score (nSPS) is 11.5. The summed E-state index contributed by atoms with van der Waals surface area (Å²) in [6, 6.07) is 43.1. The van der Waals surface area contributed by atoms with E-state index < -0.39 is 5.54 Å². The van der Waals surface area contributed by atoms with Crippen molar-refractivity contribution in [1.29, 1.82) is 0 Å². The van der Waals surface area contributed by atoms with Crippen molar-refractivity contribution in [2.24, 2.45) is 0 Å². The predicted octanol–water partition coefficient (Wildman–Crippen LogP) is 7.03. The van der Waals surface area contributed by atoms with E-state index >= 15 is 0 Å². The molecule has 6 heteroatoms. The molecule has 6 aromatic rings. The van der Waals surface area contributed by atoms with E-state index in [2.05, 4.69) is 36.4 Å². The number of nitrogen functional groups attached to an aromatic ring is 1. The Bertz CT molecular complexity index is 1630. The van der Waals surface area contributed by atoms with Crippen LogP contribution in [0.4, 0.5) is 11.4 Å². The molecule has 0 saturated carbocycles. The zero-order valence-corrected chi connectivity index (χ0v) is 20.4. The van der Waals surface area contributed by atoms with Crippen LogP contribution in [0.5, 0.6) is 0 Å². The number of nitro benzene ring substituents is 1. The summed E-state index contributed by atoms with van der Waals surface area (Å²) in [5.74, 6) is 0. The highest BCUT2D eigenvalue weighted by Crippen LogP contribution is 2.44. The molecule has 0 saturated heterocycles. The Kier molecular flexibility index (Phi) is 5.69. The molecule has 0 aliphatic heterocycles. The number of nitro groups is 1. The highest BCUT2D eigenvalue weighted by Gasteiger charge is 2.41. The maximum atomic E-state index is 11.8. The van der Waals surface area contributed by atoms with Gasteiger partial charge in [-0.1, -0.05) is 103 Å². The van der Waals surface area contributed by atoms with Gasteiger partial charge in [-0.05, 0) is 34.9 Å². The summed E-state index contributed by atoms with van der Waals surface area (Å²) >= 11 is 0. The summed E-state index contributed by atoms with van der Waals surface area (Å²) in [6.45, 7) is 0. The van der Waals surface area contributed by atoms with Crippen LogP contribution in [0.15, 0.2) is 133 Å². The Morgan fingerprint density at radius 2 is 1.18 bits per heavy atom. The number of non-ortho nitro benzene ring substituents is 1. The Morgan fingerprint density at radius 3 is 1.66 bits per heavy atom. The largest absolute Gasteiger partial charge is 0.399 e. The van der Waals surface area contributed by atoms with Gasteiger partial charge in [0.15, 0.2) is 0 Å². The van der Waals surface area contributed by atoms with Crippen molar-refractivity contribution in [1.82, 2.24) is 9.78 Å². The van der Waals surface area contributed by atoms with Crippen molar-refractivity contribution < 1.29 is 4.92 Å². The van der Waals surface area contributed by atoms with Gasteiger partial charge in [-0.3, -0.25) is 10.1 Å². The van der Waals surface area contributed by atoms with Crippen molar-refractivity contribution >= 4 is 22.3 Å². The Balaban J connectivity index is 1.79. The number of rotatable bonds is 6. The molecule has 1 aromatic heterocycles. The molecule has 0 atom stereocenters. The number of hydrogen-bond acceptors (Lipinski definition) is 4. The number of aromatic nitrogens is 2. The topological polar surface area (TPSA) is 87.0 Å². The van der Waals surface area contributed by atoms with E-state index in [1.807, 2.05) is 83.5 Å². The quantitative estimate of drug-likeness (QED) is 0.116. The smallest absolute Gasteiger partial charge is 0.270 e. The number of fused-ring (bicyclic) bond motifs is 1. The van der Waals surface area contributed by atoms with Gasteiger partial charge in [0.25, 0.3) is 5.69 Å². The molecule has 1 heterocycles. The molecule has 2 N–H and O–H groups in total. The first-order valence-electron chi connectivity index (χ1n) is 12.3. The Morgan fingerprint density at radius 1 is 0.684 bits per heavy atom. The maximum absolute atomic E-state index is 11.8. The monoisotopic (exact) mass is 496 g/mol. The van der Waals surface area contributed by atoms with Crippen LogP contribution < -0.4 is 5.73 Å². The summed E-state index contributed by atoms with van der Waals surface area (Å²) in [6.07, 6.45) is 0. The summed E-state index contributed by atoms with van der Waals surface area (Å²) in [5, 5.41) is 17.7. The lowest BCUT2D eigenvalue weighted by molar-refractivity contribution is -0.384. The van der Waals surface area contributed by atoms with E-state index in [0.717, 1.165) is 27.8 Å². The van der Waals surface area contributed by atoms with Gasteiger partial charge in [0.05, 0.1) is 10.4 Å². The van der Waals surface area contributed by atoms with Gasteiger partial charge in [0.1, 0.15) is 11.2 Å². The van der Waals surface area contributed by atoms with Gasteiger partial charge in [-0.2, -0.15) is 5.10 Å². The van der Waals surface area contributed by atoms with Crippen LogP contribution in [-0.4, -0.2) is 14.7 Å². The molecule has 38 heavy (non-hydrogen) atoms. The molecule has 0 amide bonds. The predicted molar refractivity (Wildman–Crippen MR) is 151 cm³/mol. The molecule has 0 radical (unpaired) electrons. The van der Waals surface area contributed by atoms with Crippen molar-refractivity contribution in [2.45, 2.75) is 5.54 Å². The lowest BCUT2D eigenvalue weighted by Crippen LogP contribution is -2.38. The number of nitrogens with two attached hydrogens (primary N) is 1. The molecule has 0 aliphatic carbocycles. The third kappa shape index (κ3) is 3.71. The van der Waals surface area contributed by atoms with Crippen molar-refractivity contribution in [2.75, 3.05) is 5.73 Å². The van der Waals surface area contributed by atoms with Gasteiger partial charge in [0.2, 0.25) is 0 Å². The number of nitrogens with zero attached hydrogens (tertiary/aromatic N) is 3. The second-order valence-corrected chi connectivity index (χ2v) is 9.15. The number of benzene rings is 5.